The van der Waals surface area contributed by atoms with Gasteiger partial charge in [-0.1, -0.05) is 6.42 Å². The van der Waals surface area contributed by atoms with Crippen LogP contribution in [0.25, 0.3) is 0 Å². The lowest BCUT2D eigenvalue weighted by Gasteiger charge is -2.31. The molecule has 1 aliphatic carbocycles. The standard InChI is InChI=1S/C16H30N2O3/c1-3-20-15(19)16(17)8-4-6-14(16)7-10-18-9-5-11-21-13(2)12-18/h13-14H,3-12,17H2,1-2H3. The van der Waals surface area contributed by atoms with Crippen LogP contribution in [-0.4, -0.2) is 55.4 Å². The fourth-order valence-electron chi connectivity index (χ4n) is 3.66. The van der Waals surface area contributed by atoms with E-state index in [1.807, 2.05) is 6.92 Å². The monoisotopic (exact) mass is 298 g/mol. The first kappa shape index (κ1) is 16.7. The van der Waals surface area contributed by atoms with E-state index in [4.69, 9.17) is 15.2 Å². The minimum Gasteiger partial charge on any atom is -0.465 e. The summed E-state index contributed by atoms with van der Waals surface area (Å²) in [5.74, 6) is 0.0381. The molecule has 0 aromatic rings. The molecule has 1 aliphatic heterocycles. The first-order chi connectivity index (χ1) is 10.1. The second-order valence-corrected chi connectivity index (χ2v) is 6.47. The molecule has 0 spiro atoms. The average Bonchev–Trinajstić information content (AvgIpc) is 2.70. The van der Waals surface area contributed by atoms with E-state index in [0.717, 1.165) is 58.3 Å². The number of nitrogens with zero attached hydrogens (tertiary/aromatic N) is 1. The van der Waals surface area contributed by atoms with E-state index >= 15 is 0 Å². The molecule has 0 amide bonds. The van der Waals surface area contributed by atoms with E-state index in [0.29, 0.717) is 12.7 Å². The Morgan fingerprint density at radius 2 is 2.29 bits per heavy atom. The highest BCUT2D eigenvalue weighted by Gasteiger charge is 2.46. The molecule has 21 heavy (non-hydrogen) atoms. The lowest BCUT2D eigenvalue weighted by Crippen LogP contribution is -2.52. The van der Waals surface area contributed by atoms with Crippen molar-refractivity contribution in [1.29, 1.82) is 0 Å². The van der Waals surface area contributed by atoms with E-state index in [2.05, 4.69) is 11.8 Å². The molecule has 5 heteroatoms. The predicted octanol–water partition coefficient (Wildman–Crippen LogP) is 1.55. The van der Waals surface area contributed by atoms with Gasteiger partial charge in [0.25, 0.3) is 0 Å². The Labute approximate surface area is 128 Å². The molecule has 5 nitrogen and oxygen atoms in total. The maximum Gasteiger partial charge on any atom is 0.326 e. The van der Waals surface area contributed by atoms with Crippen LogP contribution in [0.5, 0.6) is 0 Å². The molecule has 122 valence electrons. The summed E-state index contributed by atoms with van der Waals surface area (Å²) in [6.07, 6.45) is 5.18. The van der Waals surface area contributed by atoms with Gasteiger partial charge >= 0.3 is 5.97 Å². The van der Waals surface area contributed by atoms with Crippen LogP contribution in [0, 0.1) is 5.92 Å². The Balaban J connectivity index is 1.87. The lowest BCUT2D eigenvalue weighted by molar-refractivity contribution is -0.151. The molecule has 3 atom stereocenters. The molecular weight excluding hydrogens is 268 g/mol. The van der Waals surface area contributed by atoms with Crippen molar-refractivity contribution in [3.63, 3.8) is 0 Å². The highest BCUT2D eigenvalue weighted by Crippen LogP contribution is 2.37. The van der Waals surface area contributed by atoms with E-state index in [1.165, 1.54) is 0 Å². The van der Waals surface area contributed by atoms with Crippen LogP contribution >= 0.6 is 0 Å². The number of ether oxygens (including phenoxy) is 2. The maximum atomic E-state index is 12.2. The number of nitrogens with two attached hydrogens (primary N) is 1. The highest BCUT2D eigenvalue weighted by molar-refractivity contribution is 5.81. The minimum absolute atomic E-state index is 0.208. The van der Waals surface area contributed by atoms with Crippen LogP contribution in [0.3, 0.4) is 0 Å². The molecule has 3 unspecified atom stereocenters. The van der Waals surface area contributed by atoms with Gasteiger partial charge in [0.15, 0.2) is 0 Å². The van der Waals surface area contributed by atoms with Crippen LogP contribution in [-0.2, 0) is 14.3 Å². The third-order valence-electron chi connectivity index (χ3n) is 4.86. The Bertz CT molecular complexity index is 350. The van der Waals surface area contributed by atoms with Gasteiger partial charge in [0.2, 0.25) is 0 Å². The van der Waals surface area contributed by atoms with Crippen molar-refractivity contribution >= 4 is 5.97 Å². The maximum absolute atomic E-state index is 12.2. The van der Waals surface area contributed by atoms with Crippen LogP contribution in [0.4, 0.5) is 0 Å². The van der Waals surface area contributed by atoms with E-state index in [-0.39, 0.29) is 11.9 Å². The minimum atomic E-state index is -0.760. The van der Waals surface area contributed by atoms with E-state index in [1.54, 1.807) is 0 Å². The van der Waals surface area contributed by atoms with Crippen molar-refractivity contribution in [3.8, 4) is 0 Å². The van der Waals surface area contributed by atoms with Crippen LogP contribution in [0.2, 0.25) is 0 Å². The zero-order valence-corrected chi connectivity index (χ0v) is 13.5. The molecule has 1 saturated heterocycles. The molecule has 2 rings (SSSR count). The summed E-state index contributed by atoms with van der Waals surface area (Å²) in [6.45, 7) is 8.27. The molecule has 2 fully saturated rings. The van der Waals surface area contributed by atoms with Crippen LogP contribution in [0.15, 0.2) is 0 Å². The van der Waals surface area contributed by atoms with Crippen molar-refractivity contribution in [2.75, 3.05) is 32.8 Å². The van der Waals surface area contributed by atoms with Gasteiger partial charge in [0, 0.05) is 19.7 Å². The van der Waals surface area contributed by atoms with Gasteiger partial charge in [-0.25, -0.2) is 0 Å². The summed E-state index contributed by atoms with van der Waals surface area (Å²) in [6, 6.07) is 0. The quantitative estimate of drug-likeness (QED) is 0.780. The molecule has 2 N–H and O–H groups in total. The van der Waals surface area contributed by atoms with Gasteiger partial charge in [0.1, 0.15) is 5.54 Å². The van der Waals surface area contributed by atoms with Crippen molar-refractivity contribution in [2.45, 2.75) is 57.6 Å². The summed E-state index contributed by atoms with van der Waals surface area (Å²) < 4.78 is 10.9. The Morgan fingerprint density at radius 1 is 1.48 bits per heavy atom. The van der Waals surface area contributed by atoms with E-state index < -0.39 is 5.54 Å². The van der Waals surface area contributed by atoms with Gasteiger partial charge in [-0.2, -0.15) is 0 Å². The number of hydrogen-bond donors (Lipinski definition) is 1. The third-order valence-corrected chi connectivity index (χ3v) is 4.86. The molecule has 1 saturated carbocycles. The summed E-state index contributed by atoms with van der Waals surface area (Å²) in [4.78, 5) is 14.6. The van der Waals surface area contributed by atoms with Crippen molar-refractivity contribution < 1.29 is 14.3 Å². The molecule has 0 aromatic heterocycles. The third kappa shape index (κ3) is 4.18. The van der Waals surface area contributed by atoms with Gasteiger partial charge < -0.3 is 20.1 Å². The Kier molecular flexibility index (Phi) is 6.02. The summed E-state index contributed by atoms with van der Waals surface area (Å²) in [5.41, 5.74) is 5.63. The van der Waals surface area contributed by atoms with Crippen molar-refractivity contribution in [3.05, 3.63) is 0 Å². The number of esters is 1. The fourth-order valence-corrected chi connectivity index (χ4v) is 3.66. The molecule has 1 heterocycles. The second-order valence-electron chi connectivity index (χ2n) is 6.47. The predicted molar refractivity (Wildman–Crippen MR) is 82.0 cm³/mol. The number of carbonyl (C=O) groups is 1. The van der Waals surface area contributed by atoms with Crippen LogP contribution in [0.1, 0.15) is 46.0 Å². The topological polar surface area (TPSA) is 64.8 Å². The number of carbonyl (C=O) groups excluding carboxylic acids is 1. The SMILES string of the molecule is CCOC(=O)C1(N)CCCC1CCN1CCCOC(C)C1. The Hall–Kier alpha value is -0.650. The zero-order valence-electron chi connectivity index (χ0n) is 13.5. The van der Waals surface area contributed by atoms with Crippen LogP contribution < -0.4 is 5.73 Å². The second kappa shape index (κ2) is 7.56. The molecule has 0 bridgehead atoms. The number of rotatable bonds is 5. The average molecular weight is 298 g/mol. The molecule has 0 aromatic carbocycles. The smallest absolute Gasteiger partial charge is 0.326 e. The van der Waals surface area contributed by atoms with Crippen molar-refractivity contribution in [1.82, 2.24) is 4.90 Å². The van der Waals surface area contributed by atoms with E-state index in [9.17, 15) is 4.79 Å². The summed E-state index contributed by atoms with van der Waals surface area (Å²) >= 11 is 0. The number of hydrogen-bond acceptors (Lipinski definition) is 5. The molecule has 2 aliphatic rings. The normalized spacial score (nSPS) is 34.6. The van der Waals surface area contributed by atoms with Crippen molar-refractivity contribution in [2.24, 2.45) is 11.7 Å². The first-order valence-corrected chi connectivity index (χ1v) is 8.36. The van der Waals surface area contributed by atoms with Gasteiger partial charge in [-0.3, -0.25) is 4.79 Å². The van der Waals surface area contributed by atoms with Gasteiger partial charge in [0.05, 0.1) is 12.7 Å². The fraction of sp³-hybridized carbons (Fsp3) is 0.938. The largest absolute Gasteiger partial charge is 0.465 e. The zero-order chi connectivity index (χ0) is 15.3. The molecule has 0 radical (unpaired) electrons. The molecular formula is C16H30N2O3. The first-order valence-electron chi connectivity index (χ1n) is 8.36. The summed E-state index contributed by atoms with van der Waals surface area (Å²) in [7, 11) is 0. The summed E-state index contributed by atoms with van der Waals surface area (Å²) in [5, 5.41) is 0. The lowest BCUT2D eigenvalue weighted by atomic mass is 9.85. The van der Waals surface area contributed by atoms with Gasteiger partial charge in [-0.15, -0.1) is 0 Å². The van der Waals surface area contributed by atoms with Gasteiger partial charge in [-0.05, 0) is 52.0 Å². The highest BCUT2D eigenvalue weighted by atomic mass is 16.5. The Morgan fingerprint density at radius 3 is 3.05 bits per heavy atom.